The molecule has 0 radical (unpaired) electrons. The minimum Gasteiger partial charge on any atom is -0.316 e. The maximum atomic E-state index is 13.5. The lowest BCUT2D eigenvalue weighted by molar-refractivity contribution is -0.385. The Morgan fingerprint density at radius 3 is 2.90 bits per heavy atom. The lowest BCUT2D eigenvalue weighted by Crippen LogP contribution is -2.44. The summed E-state index contributed by atoms with van der Waals surface area (Å²) >= 11 is 0. The number of nitro groups is 1. The average molecular weight is 293 g/mol. The van der Waals surface area contributed by atoms with Crippen LogP contribution in [0.3, 0.4) is 0 Å². The number of nitro benzene ring substituents is 1. The molecule has 2 aliphatic rings. The van der Waals surface area contributed by atoms with Crippen LogP contribution >= 0.6 is 0 Å². The van der Waals surface area contributed by atoms with Crippen LogP contribution in [-0.4, -0.2) is 35.0 Å². The van der Waals surface area contributed by atoms with Gasteiger partial charge in [0, 0.05) is 36.8 Å². The first kappa shape index (κ1) is 14.4. The Morgan fingerprint density at radius 2 is 2.24 bits per heavy atom. The van der Waals surface area contributed by atoms with Crippen LogP contribution in [0.4, 0.5) is 10.1 Å². The first-order chi connectivity index (χ1) is 9.89. The third-order valence-electron chi connectivity index (χ3n) is 5.12. The Kier molecular flexibility index (Phi) is 3.45. The second-order valence-electron chi connectivity index (χ2n) is 6.59. The largest absolute Gasteiger partial charge is 0.316 e. The van der Waals surface area contributed by atoms with Crippen LogP contribution in [0.5, 0.6) is 0 Å². The number of halogens is 1. The van der Waals surface area contributed by atoms with Crippen LogP contribution in [-0.2, 0) is 6.54 Å². The molecule has 2 saturated heterocycles. The number of hydrogen-bond donors (Lipinski definition) is 1. The van der Waals surface area contributed by atoms with Crippen molar-refractivity contribution in [3.63, 3.8) is 0 Å². The van der Waals surface area contributed by atoms with Crippen molar-refractivity contribution in [1.82, 2.24) is 10.2 Å². The Bertz CT molecular complexity index is 576. The number of nitrogens with zero attached hydrogens (tertiary/aromatic N) is 2. The Labute approximate surface area is 123 Å². The van der Waals surface area contributed by atoms with Crippen molar-refractivity contribution in [2.45, 2.75) is 25.9 Å². The summed E-state index contributed by atoms with van der Waals surface area (Å²) in [7, 11) is 0. The Hall–Kier alpha value is -1.53. The summed E-state index contributed by atoms with van der Waals surface area (Å²) in [4.78, 5) is 12.9. The fraction of sp³-hybridized carbons (Fsp3) is 0.600. The summed E-state index contributed by atoms with van der Waals surface area (Å²) in [6.45, 7) is 7.66. The number of hydrogen-bond acceptors (Lipinski definition) is 4. The molecular weight excluding hydrogens is 273 g/mol. The van der Waals surface area contributed by atoms with Gasteiger partial charge in [-0.25, -0.2) is 4.39 Å². The molecule has 6 heteroatoms. The van der Waals surface area contributed by atoms with E-state index in [1.165, 1.54) is 12.1 Å². The topological polar surface area (TPSA) is 58.4 Å². The Morgan fingerprint density at radius 1 is 1.48 bits per heavy atom. The number of likely N-dealkylation sites (tertiary alicyclic amines) is 1. The van der Waals surface area contributed by atoms with Gasteiger partial charge >= 0.3 is 0 Å². The number of fused-ring (bicyclic) bond motifs is 1. The number of nitrogens with one attached hydrogen (secondary N) is 1. The van der Waals surface area contributed by atoms with Crippen molar-refractivity contribution >= 4 is 5.69 Å². The predicted octanol–water partition coefficient (Wildman–Crippen LogP) is 2.16. The van der Waals surface area contributed by atoms with E-state index in [-0.39, 0.29) is 11.2 Å². The molecular formula is C15H20FN3O2. The van der Waals surface area contributed by atoms with E-state index in [4.69, 9.17) is 0 Å². The van der Waals surface area contributed by atoms with Crippen LogP contribution in [0.15, 0.2) is 18.2 Å². The average Bonchev–Trinajstić information content (AvgIpc) is 2.93. The van der Waals surface area contributed by atoms with Gasteiger partial charge < -0.3 is 5.32 Å². The van der Waals surface area contributed by atoms with E-state index in [1.807, 2.05) is 0 Å². The number of benzene rings is 1. The zero-order chi connectivity index (χ0) is 15.2. The summed E-state index contributed by atoms with van der Waals surface area (Å²) in [5, 5.41) is 14.5. The summed E-state index contributed by atoms with van der Waals surface area (Å²) in [6.07, 6.45) is 0. The lowest BCUT2D eigenvalue weighted by Gasteiger charge is -2.35. The summed E-state index contributed by atoms with van der Waals surface area (Å²) in [5.74, 6) is 0.701. The van der Waals surface area contributed by atoms with Gasteiger partial charge in [-0.2, -0.15) is 0 Å². The zero-order valence-electron chi connectivity index (χ0n) is 12.3. The molecule has 2 unspecified atom stereocenters. The van der Waals surface area contributed by atoms with Gasteiger partial charge in [0.1, 0.15) is 5.82 Å². The van der Waals surface area contributed by atoms with Crippen LogP contribution in [0.2, 0.25) is 0 Å². The van der Waals surface area contributed by atoms with Gasteiger partial charge in [-0.15, -0.1) is 0 Å². The van der Waals surface area contributed by atoms with Gasteiger partial charge in [-0.3, -0.25) is 15.0 Å². The standard InChI is InChI=1S/C15H20FN3O2/c1-15(2)13-7-17-6-11(13)9-18(15)8-10-5-12(16)3-4-14(10)19(20)21/h3-5,11,13,17H,6-9H2,1-2H3. The van der Waals surface area contributed by atoms with E-state index in [0.717, 1.165) is 25.7 Å². The van der Waals surface area contributed by atoms with E-state index >= 15 is 0 Å². The number of rotatable bonds is 3. The van der Waals surface area contributed by atoms with Crippen molar-refractivity contribution < 1.29 is 9.31 Å². The highest BCUT2D eigenvalue weighted by Gasteiger charge is 2.49. The first-order valence-electron chi connectivity index (χ1n) is 7.28. The van der Waals surface area contributed by atoms with Crippen LogP contribution < -0.4 is 5.32 Å². The smallest absolute Gasteiger partial charge is 0.274 e. The van der Waals surface area contributed by atoms with Gasteiger partial charge in [-0.1, -0.05) is 0 Å². The van der Waals surface area contributed by atoms with Crippen LogP contribution in [0, 0.1) is 27.8 Å². The van der Waals surface area contributed by atoms with E-state index in [2.05, 4.69) is 24.1 Å². The van der Waals surface area contributed by atoms with Gasteiger partial charge in [0.15, 0.2) is 0 Å². The fourth-order valence-electron chi connectivity index (χ4n) is 3.84. The second kappa shape index (κ2) is 5.03. The molecule has 0 aliphatic carbocycles. The molecule has 0 aromatic heterocycles. The maximum Gasteiger partial charge on any atom is 0.274 e. The van der Waals surface area contributed by atoms with Crippen molar-refractivity contribution in [2.75, 3.05) is 19.6 Å². The molecule has 2 heterocycles. The fourth-order valence-corrected chi connectivity index (χ4v) is 3.84. The lowest BCUT2D eigenvalue weighted by atomic mass is 9.85. The molecule has 3 rings (SSSR count). The molecule has 0 amide bonds. The van der Waals surface area contributed by atoms with Crippen molar-refractivity contribution in [2.24, 2.45) is 11.8 Å². The molecule has 0 saturated carbocycles. The van der Waals surface area contributed by atoms with Crippen molar-refractivity contribution in [3.8, 4) is 0 Å². The highest BCUT2D eigenvalue weighted by atomic mass is 19.1. The molecule has 2 atom stereocenters. The van der Waals surface area contributed by atoms with Gasteiger partial charge in [0.05, 0.1) is 4.92 Å². The van der Waals surface area contributed by atoms with Gasteiger partial charge in [0.25, 0.3) is 5.69 Å². The molecule has 21 heavy (non-hydrogen) atoms. The van der Waals surface area contributed by atoms with E-state index < -0.39 is 10.7 Å². The monoisotopic (exact) mass is 293 g/mol. The first-order valence-corrected chi connectivity index (χ1v) is 7.28. The molecule has 1 aromatic carbocycles. The molecule has 1 N–H and O–H groups in total. The molecule has 114 valence electrons. The normalized spacial score (nSPS) is 27.8. The molecule has 0 bridgehead atoms. The van der Waals surface area contributed by atoms with Crippen LogP contribution in [0.1, 0.15) is 19.4 Å². The molecule has 2 fully saturated rings. The zero-order valence-corrected chi connectivity index (χ0v) is 12.3. The second-order valence-corrected chi connectivity index (χ2v) is 6.59. The SMILES string of the molecule is CC1(C)C2CNCC2CN1Cc1cc(F)ccc1[N+](=O)[O-]. The maximum absolute atomic E-state index is 13.5. The third kappa shape index (κ3) is 2.42. The molecule has 5 nitrogen and oxygen atoms in total. The summed E-state index contributed by atoms with van der Waals surface area (Å²) < 4.78 is 13.5. The Balaban J connectivity index is 1.87. The molecule has 2 aliphatic heterocycles. The van der Waals surface area contributed by atoms with E-state index in [1.54, 1.807) is 0 Å². The van der Waals surface area contributed by atoms with Gasteiger partial charge in [0.2, 0.25) is 0 Å². The minimum atomic E-state index is -0.430. The third-order valence-corrected chi connectivity index (χ3v) is 5.12. The van der Waals surface area contributed by atoms with Crippen molar-refractivity contribution in [3.05, 3.63) is 39.7 Å². The summed E-state index contributed by atoms with van der Waals surface area (Å²) in [5.41, 5.74) is 0.428. The molecule has 1 aromatic rings. The predicted molar refractivity (Wildman–Crippen MR) is 77.4 cm³/mol. The van der Waals surface area contributed by atoms with E-state index in [0.29, 0.717) is 23.9 Å². The van der Waals surface area contributed by atoms with Gasteiger partial charge in [-0.05, 0) is 44.4 Å². The van der Waals surface area contributed by atoms with Crippen molar-refractivity contribution in [1.29, 1.82) is 0 Å². The van der Waals surface area contributed by atoms with E-state index in [9.17, 15) is 14.5 Å². The molecule has 0 spiro atoms. The highest BCUT2D eigenvalue weighted by Crippen LogP contribution is 2.41. The summed E-state index contributed by atoms with van der Waals surface area (Å²) in [6, 6.07) is 3.70. The highest BCUT2D eigenvalue weighted by molar-refractivity contribution is 5.40. The minimum absolute atomic E-state index is 0.00221. The van der Waals surface area contributed by atoms with Crippen LogP contribution in [0.25, 0.3) is 0 Å². The quantitative estimate of drug-likeness (QED) is 0.685.